The van der Waals surface area contributed by atoms with Gasteiger partial charge in [0.15, 0.2) is 5.57 Å². The molecule has 1 rings (SSSR count). The molecule has 0 aromatic heterocycles. The fourth-order valence-electron chi connectivity index (χ4n) is 1.41. The molecule has 0 atom stereocenters. The number of rotatable bonds is 5. The smallest absolute Gasteiger partial charge is 0.350 e. The van der Waals surface area contributed by atoms with Crippen molar-refractivity contribution >= 4 is 40.8 Å². The second kappa shape index (κ2) is 7.69. The predicted molar refractivity (Wildman–Crippen MR) is 82.0 cm³/mol. The second-order valence-electron chi connectivity index (χ2n) is 4.39. The van der Waals surface area contributed by atoms with Crippen LogP contribution in [0.25, 0.3) is 0 Å². The van der Waals surface area contributed by atoms with E-state index in [9.17, 15) is 9.59 Å². The fraction of sp³-hybridized carbons (Fsp3) is 0.214. The van der Waals surface area contributed by atoms with E-state index >= 15 is 0 Å². The molecule has 0 fully saturated rings. The van der Waals surface area contributed by atoms with Gasteiger partial charge in [0.25, 0.3) is 0 Å². The van der Waals surface area contributed by atoms with Gasteiger partial charge >= 0.3 is 11.9 Å². The first-order valence-corrected chi connectivity index (χ1v) is 6.82. The number of carbonyl (C=O) groups excluding carboxylic acids is 1. The molecule has 0 saturated heterocycles. The van der Waals surface area contributed by atoms with Gasteiger partial charge in [0.05, 0.1) is 22.4 Å². The minimum absolute atomic E-state index is 0.0948. The summed E-state index contributed by atoms with van der Waals surface area (Å²) in [5.74, 6) is -2.05. The molecular weight excluding hydrogens is 331 g/mol. The van der Waals surface area contributed by atoms with Crippen LogP contribution in [0, 0.1) is 11.3 Å². The number of carboxylic acid groups (broad SMARTS) is 1. The monoisotopic (exact) mass is 342 g/mol. The van der Waals surface area contributed by atoms with Crippen LogP contribution in [-0.4, -0.2) is 23.1 Å². The van der Waals surface area contributed by atoms with Gasteiger partial charge in [0, 0.05) is 11.2 Å². The van der Waals surface area contributed by atoms with Crippen molar-refractivity contribution in [2.24, 2.45) is 0 Å². The van der Waals surface area contributed by atoms with Gasteiger partial charge in [-0.05, 0) is 26.0 Å². The zero-order valence-corrected chi connectivity index (χ0v) is 13.2. The number of esters is 1. The quantitative estimate of drug-likeness (QED) is 0.482. The Balaban J connectivity index is 3.09. The van der Waals surface area contributed by atoms with Crippen LogP contribution in [0.3, 0.4) is 0 Å². The van der Waals surface area contributed by atoms with Crippen LogP contribution in [0.15, 0.2) is 23.9 Å². The highest BCUT2D eigenvalue weighted by atomic mass is 35.5. The van der Waals surface area contributed by atoms with Gasteiger partial charge in [-0.15, -0.1) is 0 Å². The van der Waals surface area contributed by atoms with Crippen LogP contribution in [0.2, 0.25) is 10.0 Å². The third kappa shape index (κ3) is 4.65. The number of aromatic carboxylic acids is 1. The zero-order valence-electron chi connectivity index (χ0n) is 11.7. The highest BCUT2D eigenvalue weighted by molar-refractivity contribution is 6.38. The van der Waals surface area contributed by atoms with Crippen LogP contribution in [-0.2, 0) is 9.53 Å². The van der Waals surface area contributed by atoms with E-state index in [-0.39, 0.29) is 33.0 Å². The number of hydrogen-bond acceptors (Lipinski definition) is 5. The topological polar surface area (TPSA) is 99.4 Å². The van der Waals surface area contributed by atoms with E-state index in [0.29, 0.717) is 0 Å². The maximum Gasteiger partial charge on any atom is 0.350 e. The number of ether oxygens (including phenoxy) is 1. The van der Waals surface area contributed by atoms with Crippen LogP contribution >= 0.6 is 23.2 Å². The molecule has 22 heavy (non-hydrogen) atoms. The molecule has 0 bridgehead atoms. The third-order valence-corrected chi connectivity index (χ3v) is 2.95. The first-order valence-electron chi connectivity index (χ1n) is 6.06. The molecule has 0 aliphatic heterocycles. The van der Waals surface area contributed by atoms with Gasteiger partial charge < -0.3 is 15.2 Å². The average Bonchev–Trinajstić information content (AvgIpc) is 2.41. The van der Waals surface area contributed by atoms with Crippen LogP contribution in [0.1, 0.15) is 24.2 Å². The summed E-state index contributed by atoms with van der Waals surface area (Å²) in [7, 11) is 0. The normalized spacial score (nSPS) is 11.0. The second-order valence-corrected chi connectivity index (χ2v) is 5.20. The zero-order chi connectivity index (χ0) is 16.9. The Morgan fingerprint density at radius 2 is 2.05 bits per heavy atom. The Kier molecular flexibility index (Phi) is 6.23. The summed E-state index contributed by atoms with van der Waals surface area (Å²) in [6.07, 6.45) is 0.700. The van der Waals surface area contributed by atoms with Gasteiger partial charge in [0.2, 0.25) is 0 Å². The molecule has 0 unspecified atom stereocenters. The SMILES string of the molecule is CC(C)OC(=O)C(C#N)=CNc1cc(Cl)cc(C(=O)O)c1Cl. The minimum atomic E-state index is -1.25. The van der Waals surface area contributed by atoms with E-state index in [0.717, 1.165) is 6.20 Å². The summed E-state index contributed by atoms with van der Waals surface area (Å²) in [6, 6.07) is 4.25. The fourth-order valence-corrected chi connectivity index (χ4v) is 1.88. The Morgan fingerprint density at radius 1 is 1.41 bits per heavy atom. The van der Waals surface area contributed by atoms with Crippen molar-refractivity contribution in [3.05, 3.63) is 39.5 Å². The molecule has 1 aromatic carbocycles. The minimum Gasteiger partial charge on any atom is -0.478 e. The molecule has 1 aromatic rings. The predicted octanol–water partition coefficient (Wildman–Crippen LogP) is 3.46. The van der Waals surface area contributed by atoms with Crippen LogP contribution < -0.4 is 5.32 Å². The van der Waals surface area contributed by atoms with E-state index in [1.54, 1.807) is 19.9 Å². The Labute approximate surface area is 136 Å². The first-order chi connectivity index (χ1) is 10.3. The summed E-state index contributed by atoms with van der Waals surface area (Å²) in [5.41, 5.74) is -0.341. The number of nitrogens with one attached hydrogen (secondary N) is 1. The average molecular weight is 343 g/mol. The van der Waals surface area contributed by atoms with Crippen molar-refractivity contribution in [2.45, 2.75) is 20.0 Å². The third-order valence-electron chi connectivity index (χ3n) is 2.32. The van der Waals surface area contributed by atoms with Crippen molar-refractivity contribution in [3.8, 4) is 6.07 Å². The van der Waals surface area contributed by atoms with E-state index in [1.165, 1.54) is 12.1 Å². The molecule has 0 spiro atoms. The van der Waals surface area contributed by atoms with Gasteiger partial charge in [-0.1, -0.05) is 23.2 Å². The van der Waals surface area contributed by atoms with E-state index in [2.05, 4.69) is 5.32 Å². The van der Waals surface area contributed by atoms with Crippen molar-refractivity contribution in [1.82, 2.24) is 0 Å². The molecule has 116 valence electrons. The molecule has 0 aliphatic carbocycles. The lowest BCUT2D eigenvalue weighted by atomic mass is 10.2. The lowest BCUT2D eigenvalue weighted by Gasteiger charge is -2.09. The highest BCUT2D eigenvalue weighted by Gasteiger charge is 2.16. The number of nitriles is 1. The Bertz CT molecular complexity index is 678. The van der Waals surface area contributed by atoms with Gasteiger partial charge in [-0.3, -0.25) is 0 Å². The van der Waals surface area contributed by atoms with Crippen molar-refractivity contribution in [2.75, 3.05) is 5.32 Å². The Hall–Kier alpha value is -2.23. The lowest BCUT2D eigenvalue weighted by molar-refractivity contribution is -0.142. The summed E-state index contributed by atoms with van der Waals surface area (Å²) in [6.45, 7) is 3.29. The van der Waals surface area contributed by atoms with Crippen LogP contribution in [0.5, 0.6) is 0 Å². The van der Waals surface area contributed by atoms with Gasteiger partial charge in [0.1, 0.15) is 6.07 Å². The molecule has 6 nitrogen and oxygen atoms in total. The number of halogens is 2. The van der Waals surface area contributed by atoms with E-state index in [4.69, 9.17) is 38.3 Å². The summed E-state index contributed by atoms with van der Waals surface area (Å²) in [4.78, 5) is 22.7. The van der Waals surface area contributed by atoms with E-state index < -0.39 is 11.9 Å². The maximum atomic E-state index is 11.6. The molecular formula is C14H12Cl2N2O4. The highest BCUT2D eigenvalue weighted by Crippen LogP contribution is 2.30. The first kappa shape index (κ1) is 17.8. The molecule has 2 N–H and O–H groups in total. The number of benzene rings is 1. The van der Waals surface area contributed by atoms with Crippen molar-refractivity contribution in [3.63, 3.8) is 0 Å². The number of anilines is 1. The summed E-state index contributed by atoms with van der Waals surface area (Å²) in [5, 5.41) is 20.6. The lowest BCUT2D eigenvalue weighted by Crippen LogP contribution is -2.13. The molecule has 8 heteroatoms. The Morgan fingerprint density at radius 3 is 2.55 bits per heavy atom. The van der Waals surface area contributed by atoms with Crippen LogP contribution in [0.4, 0.5) is 5.69 Å². The van der Waals surface area contributed by atoms with E-state index in [1.807, 2.05) is 0 Å². The van der Waals surface area contributed by atoms with Crippen molar-refractivity contribution < 1.29 is 19.4 Å². The number of nitrogens with zero attached hydrogens (tertiary/aromatic N) is 1. The number of carboxylic acids is 1. The van der Waals surface area contributed by atoms with Gasteiger partial charge in [-0.2, -0.15) is 5.26 Å². The number of carbonyl (C=O) groups is 2. The summed E-state index contributed by atoms with van der Waals surface area (Å²) >= 11 is 11.7. The standard InChI is InChI=1S/C14H12Cl2N2O4/c1-7(2)22-14(21)8(5-17)6-18-11-4-9(15)3-10(12(11)16)13(19)20/h3-4,6-7,18H,1-2H3,(H,19,20). The molecule has 0 amide bonds. The van der Waals surface area contributed by atoms with Crippen molar-refractivity contribution in [1.29, 1.82) is 5.26 Å². The summed E-state index contributed by atoms with van der Waals surface area (Å²) < 4.78 is 4.88. The number of hydrogen-bond donors (Lipinski definition) is 2. The molecule has 0 heterocycles. The molecule has 0 radical (unpaired) electrons. The largest absolute Gasteiger partial charge is 0.478 e. The molecule has 0 aliphatic rings. The maximum absolute atomic E-state index is 11.6. The van der Waals surface area contributed by atoms with Gasteiger partial charge in [-0.25, -0.2) is 9.59 Å². The molecule has 0 saturated carbocycles.